The smallest absolute Gasteiger partial charge is 0.108 e. The van der Waals surface area contributed by atoms with E-state index in [1.165, 1.54) is 15.3 Å². The zero-order valence-corrected chi connectivity index (χ0v) is 14.0. The van der Waals surface area contributed by atoms with Gasteiger partial charge in [0.2, 0.25) is 0 Å². The topological polar surface area (TPSA) is 43.2 Å². The molecule has 0 spiro atoms. The van der Waals surface area contributed by atoms with Gasteiger partial charge in [-0.3, -0.25) is 9.58 Å². The number of aryl methyl sites for hydroxylation is 1. The van der Waals surface area contributed by atoms with E-state index in [9.17, 15) is 0 Å². The SMILES string of the molecule is Cc1cnn(C[C@@H]2CN(Cc3nc4ccccc4s3)CCO2)c1. The van der Waals surface area contributed by atoms with Gasteiger partial charge in [-0.25, -0.2) is 4.98 Å². The van der Waals surface area contributed by atoms with Gasteiger partial charge in [-0.1, -0.05) is 12.1 Å². The fourth-order valence-electron chi connectivity index (χ4n) is 2.99. The molecule has 3 aromatic rings. The van der Waals surface area contributed by atoms with Crippen molar-refractivity contribution in [2.75, 3.05) is 19.7 Å². The number of aromatic nitrogens is 3. The second kappa shape index (κ2) is 6.39. The third kappa shape index (κ3) is 3.44. The lowest BCUT2D eigenvalue weighted by atomic mass is 10.2. The Morgan fingerprint density at radius 2 is 2.26 bits per heavy atom. The average Bonchev–Trinajstić information content (AvgIpc) is 3.13. The van der Waals surface area contributed by atoms with E-state index in [2.05, 4.69) is 41.3 Å². The molecule has 1 atom stereocenters. The molecule has 1 aliphatic heterocycles. The summed E-state index contributed by atoms with van der Waals surface area (Å²) in [5.41, 5.74) is 2.29. The summed E-state index contributed by atoms with van der Waals surface area (Å²) in [6.45, 7) is 6.43. The van der Waals surface area contributed by atoms with Crippen molar-refractivity contribution in [3.8, 4) is 0 Å². The molecule has 4 rings (SSSR count). The largest absolute Gasteiger partial charge is 0.374 e. The Morgan fingerprint density at radius 1 is 1.35 bits per heavy atom. The summed E-state index contributed by atoms with van der Waals surface area (Å²) in [4.78, 5) is 7.17. The highest BCUT2D eigenvalue weighted by atomic mass is 32.1. The molecule has 1 aliphatic rings. The van der Waals surface area contributed by atoms with E-state index in [-0.39, 0.29) is 6.10 Å². The summed E-state index contributed by atoms with van der Waals surface area (Å²) in [7, 11) is 0. The van der Waals surface area contributed by atoms with Gasteiger partial charge in [0, 0.05) is 19.3 Å². The number of hydrogen-bond donors (Lipinski definition) is 0. The number of para-hydroxylation sites is 1. The zero-order chi connectivity index (χ0) is 15.6. The molecule has 0 bridgehead atoms. The molecule has 1 fully saturated rings. The van der Waals surface area contributed by atoms with Crippen LogP contribution in [0.1, 0.15) is 10.6 Å². The summed E-state index contributed by atoms with van der Waals surface area (Å²) in [5, 5.41) is 5.54. The number of nitrogens with zero attached hydrogens (tertiary/aromatic N) is 4. The highest BCUT2D eigenvalue weighted by Gasteiger charge is 2.22. The first-order valence-electron chi connectivity index (χ1n) is 7.94. The van der Waals surface area contributed by atoms with Gasteiger partial charge in [0.25, 0.3) is 0 Å². The molecule has 0 saturated carbocycles. The second-order valence-electron chi connectivity index (χ2n) is 6.04. The molecule has 0 N–H and O–H groups in total. The van der Waals surface area contributed by atoms with E-state index in [0.717, 1.165) is 38.3 Å². The maximum Gasteiger partial charge on any atom is 0.108 e. The van der Waals surface area contributed by atoms with Crippen LogP contribution >= 0.6 is 11.3 Å². The molecule has 1 saturated heterocycles. The number of benzene rings is 1. The van der Waals surface area contributed by atoms with E-state index in [0.29, 0.717) is 0 Å². The highest BCUT2D eigenvalue weighted by molar-refractivity contribution is 7.18. The predicted octanol–water partition coefficient (Wildman–Crippen LogP) is 2.70. The molecular weight excluding hydrogens is 308 g/mol. The Balaban J connectivity index is 1.40. The quantitative estimate of drug-likeness (QED) is 0.738. The standard InChI is InChI=1S/C17H20N4OS/c1-13-8-18-21(9-13)11-14-10-20(6-7-22-14)12-17-19-15-4-2-3-5-16(15)23-17/h2-5,8-9,14H,6-7,10-12H2,1H3/t14-/m0/s1. The fraction of sp³-hybridized carbons (Fsp3) is 0.412. The molecule has 0 unspecified atom stereocenters. The fourth-order valence-corrected chi connectivity index (χ4v) is 4.00. The van der Waals surface area contributed by atoms with E-state index in [4.69, 9.17) is 9.72 Å². The van der Waals surface area contributed by atoms with Gasteiger partial charge in [-0.2, -0.15) is 5.10 Å². The summed E-state index contributed by atoms with van der Waals surface area (Å²) in [6, 6.07) is 8.33. The first kappa shape index (κ1) is 14.8. The molecule has 0 aliphatic carbocycles. The van der Waals surface area contributed by atoms with Crippen LogP contribution in [0.15, 0.2) is 36.7 Å². The minimum atomic E-state index is 0.192. The number of fused-ring (bicyclic) bond motifs is 1. The van der Waals surface area contributed by atoms with Crippen LogP contribution < -0.4 is 0 Å². The van der Waals surface area contributed by atoms with Crippen LogP contribution in [0.25, 0.3) is 10.2 Å². The third-order valence-corrected chi connectivity index (χ3v) is 5.09. The van der Waals surface area contributed by atoms with Crippen molar-refractivity contribution in [3.63, 3.8) is 0 Å². The van der Waals surface area contributed by atoms with Crippen LogP contribution in [0.5, 0.6) is 0 Å². The Labute approximate surface area is 139 Å². The molecule has 3 heterocycles. The highest BCUT2D eigenvalue weighted by Crippen LogP contribution is 2.23. The molecule has 120 valence electrons. The summed E-state index contributed by atoms with van der Waals surface area (Å²) < 4.78 is 9.14. The van der Waals surface area contributed by atoms with Crippen LogP contribution in [0.2, 0.25) is 0 Å². The van der Waals surface area contributed by atoms with Crippen molar-refractivity contribution in [3.05, 3.63) is 47.2 Å². The number of ether oxygens (including phenoxy) is 1. The summed E-state index contributed by atoms with van der Waals surface area (Å²) >= 11 is 1.79. The third-order valence-electron chi connectivity index (χ3n) is 4.07. The first-order chi connectivity index (χ1) is 11.3. The van der Waals surface area contributed by atoms with Crippen molar-refractivity contribution < 1.29 is 4.74 Å². The van der Waals surface area contributed by atoms with Crippen molar-refractivity contribution in [2.45, 2.75) is 26.1 Å². The summed E-state index contributed by atoms with van der Waals surface area (Å²) in [5.74, 6) is 0. The number of morpholine rings is 1. The minimum absolute atomic E-state index is 0.192. The van der Waals surface area contributed by atoms with Gasteiger partial charge in [-0.05, 0) is 24.6 Å². The van der Waals surface area contributed by atoms with Gasteiger partial charge in [0.05, 0.1) is 42.2 Å². The van der Waals surface area contributed by atoms with Crippen LogP contribution in [-0.4, -0.2) is 45.5 Å². The zero-order valence-electron chi connectivity index (χ0n) is 13.2. The Bertz CT molecular complexity index is 764. The Morgan fingerprint density at radius 3 is 3.09 bits per heavy atom. The molecule has 0 radical (unpaired) electrons. The molecule has 1 aromatic carbocycles. The molecule has 2 aromatic heterocycles. The van der Waals surface area contributed by atoms with Gasteiger partial charge in [-0.15, -0.1) is 11.3 Å². The predicted molar refractivity (Wildman–Crippen MR) is 91.6 cm³/mol. The van der Waals surface area contributed by atoms with Gasteiger partial charge >= 0.3 is 0 Å². The van der Waals surface area contributed by atoms with Crippen molar-refractivity contribution >= 4 is 21.6 Å². The lowest BCUT2D eigenvalue weighted by molar-refractivity contribution is -0.0402. The second-order valence-corrected chi connectivity index (χ2v) is 7.16. The van der Waals surface area contributed by atoms with E-state index in [1.807, 2.05) is 16.9 Å². The van der Waals surface area contributed by atoms with Crippen LogP contribution in [0.3, 0.4) is 0 Å². The molecule has 0 amide bonds. The van der Waals surface area contributed by atoms with Crippen LogP contribution in [-0.2, 0) is 17.8 Å². The van der Waals surface area contributed by atoms with E-state index >= 15 is 0 Å². The minimum Gasteiger partial charge on any atom is -0.374 e. The molecule has 23 heavy (non-hydrogen) atoms. The van der Waals surface area contributed by atoms with E-state index in [1.54, 1.807) is 11.3 Å². The molecule has 5 nitrogen and oxygen atoms in total. The monoisotopic (exact) mass is 328 g/mol. The number of hydrogen-bond acceptors (Lipinski definition) is 5. The van der Waals surface area contributed by atoms with Gasteiger partial charge in [0.1, 0.15) is 5.01 Å². The van der Waals surface area contributed by atoms with Crippen molar-refractivity contribution in [2.24, 2.45) is 0 Å². The normalized spacial score (nSPS) is 19.4. The average molecular weight is 328 g/mol. The number of thiazole rings is 1. The molecular formula is C17H20N4OS. The Hall–Kier alpha value is -1.76. The maximum absolute atomic E-state index is 5.90. The van der Waals surface area contributed by atoms with Gasteiger partial charge < -0.3 is 4.74 Å². The van der Waals surface area contributed by atoms with Gasteiger partial charge in [0.15, 0.2) is 0 Å². The first-order valence-corrected chi connectivity index (χ1v) is 8.75. The number of rotatable bonds is 4. The van der Waals surface area contributed by atoms with Crippen molar-refractivity contribution in [1.82, 2.24) is 19.7 Å². The lowest BCUT2D eigenvalue weighted by Crippen LogP contribution is -2.43. The van der Waals surface area contributed by atoms with Crippen LogP contribution in [0.4, 0.5) is 0 Å². The summed E-state index contributed by atoms with van der Waals surface area (Å²) in [6.07, 6.45) is 4.15. The van der Waals surface area contributed by atoms with Crippen molar-refractivity contribution in [1.29, 1.82) is 0 Å². The lowest BCUT2D eigenvalue weighted by Gasteiger charge is -2.32. The maximum atomic E-state index is 5.90. The van der Waals surface area contributed by atoms with E-state index < -0.39 is 0 Å². The van der Waals surface area contributed by atoms with Crippen LogP contribution in [0, 0.1) is 6.92 Å². The Kier molecular flexibility index (Phi) is 4.11. The molecule has 6 heteroatoms.